The zero-order valence-corrected chi connectivity index (χ0v) is 23.1. The first-order valence-electron chi connectivity index (χ1n) is 13.4. The minimum absolute atomic E-state index is 0. The van der Waals surface area contributed by atoms with E-state index in [1.807, 2.05) is 51.1 Å². The molecular formula is C29H44N6O3. The molecule has 1 aromatic carbocycles. The van der Waals surface area contributed by atoms with Gasteiger partial charge < -0.3 is 25.0 Å². The standard InChI is InChI=1S/C27H34N6O3.C2H6.2H2/c1-17-10-8-9-13-33(17)18(2)14-22(31-27(35)23-15-19(3)36-32-23)26(34)29-20(4)25-28-16-24(30-25)21-11-6-5-7-12-21;1-2;;/h5-7,11-12,15-17,20,22H,2,8-10,13-14H2,1,3-4H3,(H,28,30)(H,29,34)(H,31,35);1-2H3;2*1H/t17-,20-,22-;;;/m0.../s1. The number of aryl methyl sites for hydroxylation is 1. The Morgan fingerprint density at radius 2 is 1.97 bits per heavy atom. The highest BCUT2D eigenvalue weighted by Gasteiger charge is 2.29. The molecule has 208 valence electrons. The highest BCUT2D eigenvalue weighted by atomic mass is 16.5. The topological polar surface area (TPSA) is 116 Å². The van der Waals surface area contributed by atoms with E-state index in [-0.39, 0.29) is 14.5 Å². The number of aromatic amines is 1. The summed E-state index contributed by atoms with van der Waals surface area (Å²) in [5.74, 6) is 0.360. The number of hydrogen-bond donors (Lipinski definition) is 3. The van der Waals surface area contributed by atoms with E-state index in [0.29, 0.717) is 24.0 Å². The van der Waals surface area contributed by atoms with Crippen molar-refractivity contribution in [2.45, 2.75) is 78.4 Å². The summed E-state index contributed by atoms with van der Waals surface area (Å²) in [6.45, 7) is 14.9. The molecule has 1 aliphatic heterocycles. The molecule has 3 N–H and O–H groups in total. The van der Waals surface area contributed by atoms with Crippen LogP contribution in [0.5, 0.6) is 0 Å². The van der Waals surface area contributed by atoms with Crippen LogP contribution < -0.4 is 10.6 Å². The molecule has 9 nitrogen and oxygen atoms in total. The average Bonchev–Trinajstić information content (AvgIpc) is 3.60. The molecule has 0 unspecified atom stereocenters. The van der Waals surface area contributed by atoms with Gasteiger partial charge in [0.25, 0.3) is 5.91 Å². The lowest BCUT2D eigenvalue weighted by Crippen LogP contribution is -2.49. The lowest BCUT2D eigenvalue weighted by molar-refractivity contribution is -0.123. The minimum Gasteiger partial charge on any atom is -0.373 e. The molecule has 0 spiro atoms. The van der Waals surface area contributed by atoms with Gasteiger partial charge in [0, 0.05) is 33.6 Å². The molecule has 0 saturated carbocycles. The number of carbonyl (C=O) groups excluding carboxylic acids is 2. The Hall–Kier alpha value is -3.88. The number of amides is 2. The van der Waals surface area contributed by atoms with Crippen LogP contribution in [0, 0.1) is 6.92 Å². The highest BCUT2D eigenvalue weighted by Crippen LogP contribution is 2.24. The Kier molecular flexibility index (Phi) is 10.3. The zero-order valence-electron chi connectivity index (χ0n) is 23.1. The van der Waals surface area contributed by atoms with Crippen molar-refractivity contribution in [3.05, 3.63) is 72.1 Å². The third kappa shape index (κ3) is 7.34. The van der Waals surface area contributed by atoms with Crippen LogP contribution in [0.25, 0.3) is 11.3 Å². The van der Waals surface area contributed by atoms with Gasteiger partial charge in [-0.2, -0.15) is 0 Å². The van der Waals surface area contributed by atoms with E-state index < -0.39 is 18.0 Å². The number of aromatic nitrogens is 3. The number of benzene rings is 1. The minimum atomic E-state index is -0.831. The van der Waals surface area contributed by atoms with Gasteiger partial charge in [0.05, 0.1) is 17.9 Å². The summed E-state index contributed by atoms with van der Waals surface area (Å²) in [7, 11) is 0. The van der Waals surface area contributed by atoms with E-state index >= 15 is 0 Å². The maximum absolute atomic E-state index is 13.4. The second-order valence-electron chi connectivity index (χ2n) is 9.44. The van der Waals surface area contributed by atoms with Crippen molar-refractivity contribution >= 4 is 11.8 Å². The van der Waals surface area contributed by atoms with Gasteiger partial charge in [-0.25, -0.2) is 4.98 Å². The van der Waals surface area contributed by atoms with Crippen molar-refractivity contribution in [1.29, 1.82) is 0 Å². The Morgan fingerprint density at radius 1 is 1.24 bits per heavy atom. The van der Waals surface area contributed by atoms with Crippen molar-refractivity contribution < 1.29 is 17.0 Å². The summed E-state index contributed by atoms with van der Waals surface area (Å²) in [6, 6.07) is 10.5. The molecule has 4 rings (SSSR count). The smallest absolute Gasteiger partial charge is 0.274 e. The second kappa shape index (κ2) is 13.6. The predicted octanol–water partition coefficient (Wildman–Crippen LogP) is 5.65. The molecule has 1 saturated heterocycles. The van der Waals surface area contributed by atoms with Crippen molar-refractivity contribution in [2.24, 2.45) is 0 Å². The molecule has 0 bridgehead atoms. The summed E-state index contributed by atoms with van der Waals surface area (Å²) >= 11 is 0. The number of hydrogen-bond acceptors (Lipinski definition) is 6. The molecular weight excluding hydrogens is 480 g/mol. The molecule has 3 aromatic rings. The molecule has 9 heteroatoms. The largest absolute Gasteiger partial charge is 0.373 e. The van der Waals surface area contributed by atoms with Gasteiger partial charge in [0.2, 0.25) is 5.91 Å². The highest BCUT2D eigenvalue weighted by molar-refractivity contribution is 5.96. The van der Waals surface area contributed by atoms with Crippen molar-refractivity contribution in [1.82, 2.24) is 30.7 Å². The van der Waals surface area contributed by atoms with Gasteiger partial charge in [-0.05, 0) is 45.6 Å². The van der Waals surface area contributed by atoms with Crippen LogP contribution in [0.15, 0.2) is 59.4 Å². The van der Waals surface area contributed by atoms with E-state index in [2.05, 4.69) is 44.2 Å². The first kappa shape index (κ1) is 28.7. The van der Waals surface area contributed by atoms with Gasteiger partial charge in [-0.1, -0.05) is 55.9 Å². The number of rotatable bonds is 9. The third-order valence-electron chi connectivity index (χ3n) is 6.58. The SMILES string of the molecule is C=C(C[C@H](NC(=O)c1cc(C)on1)C(=O)N[C@@H](C)c1ncc(-c2ccccc2)[nH]1)N1CCCC[C@@H]1C.CC.[HH].[HH]. The predicted molar refractivity (Wildman–Crippen MR) is 152 cm³/mol. The van der Waals surface area contributed by atoms with E-state index in [0.717, 1.165) is 36.3 Å². The maximum Gasteiger partial charge on any atom is 0.274 e. The average molecular weight is 525 g/mol. The molecule has 0 radical (unpaired) electrons. The zero-order chi connectivity index (χ0) is 27.7. The number of likely N-dealkylation sites (tertiary alicyclic amines) is 1. The third-order valence-corrected chi connectivity index (χ3v) is 6.58. The lowest BCUT2D eigenvalue weighted by atomic mass is 10.0. The number of carbonyl (C=O) groups is 2. The van der Waals surface area contributed by atoms with Gasteiger partial charge >= 0.3 is 0 Å². The number of nitrogens with one attached hydrogen (secondary N) is 3. The fourth-order valence-corrected chi connectivity index (χ4v) is 4.54. The lowest BCUT2D eigenvalue weighted by Gasteiger charge is -2.37. The fourth-order valence-electron chi connectivity index (χ4n) is 4.54. The quantitative estimate of drug-likeness (QED) is 0.333. The van der Waals surface area contributed by atoms with Gasteiger partial charge in [0.1, 0.15) is 17.6 Å². The van der Waals surface area contributed by atoms with Crippen molar-refractivity contribution in [2.75, 3.05) is 6.54 Å². The van der Waals surface area contributed by atoms with Crippen LogP contribution in [-0.4, -0.2) is 50.5 Å². The van der Waals surface area contributed by atoms with E-state index in [1.165, 1.54) is 6.42 Å². The molecule has 1 aliphatic rings. The van der Waals surface area contributed by atoms with Crippen molar-refractivity contribution in [3.63, 3.8) is 0 Å². The number of nitrogens with zero attached hydrogens (tertiary/aromatic N) is 3. The Bertz CT molecular complexity index is 1210. The van der Waals surface area contributed by atoms with Crippen LogP contribution in [0.4, 0.5) is 0 Å². The molecule has 2 aromatic heterocycles. The second-order valence-corrected chi connectivity index (χ2v) is 9.44. The normalized spacial score (nSPS) is 16.6. The van der Waals surface area contributed by atoms with E-state index in [1.54, 1.807) is 19.2 Å². The Morgan fingerprint density at radius 3 is 2.63 bits per heavy atom. The van der Waals surface area contributed by atoms with E-state index in [9.17, 15) is 9.59 Å². The molecule has 1 fully saturated rings. The van der Waals surface area contributed by atoms with Gasteiger partial charge in [0.15, 0.2) is 5.69 Å². The first-order valence-corrected chi connectivity index (χ1v) is 13.4. The number of H-pyrrole nitrogens is 1. The Balaban J connectivity index is 0.00000196. The van der Waals surface area contributed by atoms with Gasteiger partial charge in [-0.3, -0.25) is 9.59 Å². The summed E-state index contributed by atoms with van der Waals surface area (Å²) in [4.78, 5) is 36.2. The van der Waals surface area contributed by atoms with Gasteiger partial charge in [-0.15, -0.1) is 0 Å². The van der Waals surface area contributed by atoms with Crippen LogP contribution in [0.3, 0.4) is 0 Å². The van der Waals surface area contributed by atoms with Crippen LogP contribution in [0.1, 0.15) is 84.3 Å². The number of piperidine rings is 1. The fraction of sp³-hybridized carbons (Fsp3) is 0.448. The Labute approximate surface area is 228 Å². The molecule has 3 atom stereocenters. The molecule has 3 heterocycles. The van der Waals surface area contributed by atoms with E-state index in [4.69, 9.17) is 4.52 Å². The molecule has 38 heavy (non-hydrogen) atoms. The summed E-state index contributed by atoms with van der Waals surface area (Å²) in [5, 5.41) is 9.60. The summed E-state index contributed by atoms with van der Waals surface area (Å²) < 4.78 is 5.03. The van der Waals surface area contributed by atoms with Crippen LogP contribution in [-0.2, 0) is 4.79 Å². The van der Waals surface area contributed by atoms with Crippen LogP contribution >= 0.6 is 0 Å². The summed E-state index contributed by atoms with van der Waals surface area (Å²) in [5.41, 5.74) is 2.84. The molecule has 2 amide bonds. The van der Waals surface area contributed by atoms with Crippen LogP contribution in [0.2, 0.25) is 0 Å². The number of imidazole rings is 1. The maximum atomic E-state index is 13.4. The first-order chi connectivity index (χ1) is 18.3. The van der Waals surface area contributed by atoms with Crippen molar-refractivity contribution in [3.8, 4) is 11.3 Å². The summed E-state index contributed by atoms with van der Waals surface area (Å²) in [6.07, 6.45) is 5.39. The monoisotopic (exact) mass is 524 g/mol. The molecule has 0 aliphatic carbocycles.